The molecule has 1 aliphatic carbocycles. The molecule has 142 valence electrons. The second kappa shape index (κ2) is 8.83. The molecular formula is C18H23Cl2N3O2S. The summed E-state index contributed by atoms with van der Waals surface area (Å²) in [6.07, 6.45) is 3.35. The van der Waals surface area contributed by atoms with Gasteiger partial charge >= 0.3 is 0 Å². The van der Waals surface area contributed by atoms with Crippen LogP contribution in [-0.4, -0.2) is 47.0 Å². The van der Waals surface area contributed by atoms with Gasteiger partial charge in [-0.3, -0.25) is 9.59 Å². The first kappa shape index (κ1) is 19.8. The van der Waals surface area contributed by atoms with Gasteiger partial charge in [-0.25, -0.2) is 0 Å². The Balaban J connectivity index is 1.49. The number of carbonyl (C=O) groups is 2. The van der Waals surface area contributed by atoms with Crippen LogP contribution < -0.4 is 11.1 Å². The average Bonchev–Trinajstić information content (AvgIpc) is 3.18. The number of halogens is 2. The van der Waals surface area contributed by atoms with Crippen molar-refractivity contribution < 1.29 is 9.59 Å². The van der Waals surface area contributed by atoms with Crippen LogP contribution in [0.3, 0.4) is 0 Å². The molecule has 2 aliphatic rings. The van der Waals surface area contributed by atoms with E-state index in [2.05, 4.69) is 5.32 Å². The number of benzene rings is 1. The minimum atomic E-state index is -0.430. The van der Waals surface area contributed by atoms with E-state index in [1.165, 1.54) is 0 Å². The molecule has 1 saturated carbocycles. The molecule has 3 N–H and O–H groups in total. The highest BCUT2D eigenvalue weighted by Crippen LogP contribution is 2.28. The van der Waals surface area contributed by atoms with Crippen molar-refractivity contribution in [3.05, 3.63) is 33.8 Å². The van der Waals surface area contributed by atoms with Gasteiger partial charge in [0.05, 0.1) is 22.0 Å². The summed E-state index contributed by atoms with van der Waals surface area (Å²) in [7, 11) is 0. The van der Waals surface area contributed by atoms with E-state index in [-0.39, 0.29) is 23.8 Å². The Morgan fingerprint density at radius 1 is 1.19 bits per heavy atom. The lowest BCUT2D eigenvalue weighted by Crippen LogP contribution is -2.49. The lowest BCUT2D eigenvalue weighted by molar-refractivity contribution is -0.132. The van der Waals surface area contributed by atoms with Crippen LogP contribution in [0.25, 0.3) is 0 Å². The van der Waals surface area contributed by atoms with Crippen LogP contribution in [0.2, 0.25) is 10.0 Å². The Labute approximate surface area is 168 Å². The molecule has 1 atom stereocenters. The van der Waals surface area contributed by atoms with Crippen molar-refractivity contribution in [2.24, 2.45) is 11.7 Å². The molecule has 1 saturated heterocycles. The fourth-order valence-electron chi connectivity index (χ4n) is 3.53. The predicted octanol–water partition coefficient (Wildman–Crippen LogP) is 3.14. The normalized spacial score (nSPS) is 24.3. The number of rotatable bonds is 4. The van der Waals surface area contributed by atoms with Crippen LogP contribution in [-0.2, 0) is 4.79 Å². The third kappa shape index (κ3) is 4.66. The van der Waals surface area contributed by atoms with Crippen LogP contribution in [0.1, 0.15) is 36.0 Å². The van der Waals surface area contributed by atoms with Gasteiger partial charge in [0, 0.05) is 23.9 Å². The van der Waals surface area contributed by atoms with Crippen molar-refractivity contribution in [1.29, 1.82) is 0 Å². The van der Waals surface area contributed by atoms with Gasteiger partial charge in [-0.05, 0) is 49.8 Å². The van der Waals surface area contributed by atoms with E-state index in [0.29, 0.717) is 15.6 Å². The summed E-state index contributed by atoms with van der Waals surface area (Å²) in [6.45, 7) is 0.798. The maximum Gasteiger partial charge on any atom is 0.251 e. The van der Waals surface area contributed by atoms with E-state index >= 15 is 0 Å². The summed E-state index contributed by atoms with van der Waals surface area (Å²) < 4.78 is 0. The van der Waals surface area contributed by atoms with Gasteiger partial charge in [-0.2, -0.15) is 0 Å². The maximum absolute atomic E-state index is 12.4. The summed E-state index contributed by atoms with van der Waals surface area (Å²) >= 11 is 13.6. The monoisotopic (exact) mass is 415 g/mol. The van der Waals surface area contributed by atoms with Crippen molar-refractivity contribution in [3.63, 3.8) is 0 Å². The van der Waals surface area contributed by atoms with Crippen LogP contribution in [0, 0.1) is 5.92 Å². The van der Waals surface area contributed by atoms with Gasteiger partial charge in [0.1, 0.15) is 0 Å². The van der Waals surface area contributed by atoms with Gasteiger partial charge in [-0.1, -0.05) is 23.2 Å². The first-order valence-corrected chi connectivity index (χ1v) is 10.7. The SMILES string of the molecule is N[C@H](C(=O)N1CCSC1)C1CCC(NC(=O)c2ccc(Cl)c(Cl)c2)CC1. The number of thioether (sulfide) groups is 1. The van der Waals surface area contributed by atoms with Crippen LogP contribution >= 0.6 is 35.0 Å². The predicted molar refractivity (Wildman–Crippen MR) is 107 cm³/mol. The first-order valence-electron chi connectivity index (χ1n) is 8.83. The minimum absolute atomic E-state index is 0.0679. The van der Waals surface area contributed by atoms with Gasteiger partial charge in [-0.15, -0.1) is 11.8 Å². The maximum atomic E-state index is 12.4. The number of nitrogens with one attached hydrogen (secondary N) is 1. The molecule has 2 amide bonds. The quantitative estimate of drug-likeness (QED) is 0.791. The summed E-state index contributed by atoms with van der Waals surface area (Å²) in [5.41, 5.74) is 6.73. The fourth-order valence-corrected chi connectivity index (χ4v) is 4.78. The molecule has 8 heteroatoms. The molecule has 1 aliphatic heterocycles. The van der Waals surface area contributed by atoms with Crippen LogP contribution in [0.15, 0.2) is 18.2 Å². The summed E-state index contributed by atoms with van der Waals surface area (Å²) in [5.74, 6) is 1.85. The Morgan fingerprint density at radius 2 is 1.92 bits per heavy atom. The van der Waals surface area contributed by atoms with E-state index in [4.69, 9.17) is 28.9 Å². The fraction of sp³-hybridized carbons (Fsp3) is 0.556. The van der Waals surface area contributed by atoms with E-state index in [1.54, 1.807) is 30.0 Å². The minimum Gasteiger partial charge on any atom is -0.349 e. The highest BCUT2D eigenvalue weighted by Gasteiger charge is 2.33. The second-order valence-corrected chi connectivity index (χ2v) is 8.77. The van der Waals surface area contributed by atoms with Crippen LogP contribution in [0.4, 0.5) is 0 Å². The Morgan fingerprint density at radius 3 is 2.54 bits per heavy atom. The molecule has 0 unspecified atom stereocenters. The van der Waals surface area contributed by atoms with E-state index < -0.39 is 6.04 Å². The van der Waals surface area contributed by atoms with Crippen molar-refractivity contribution in [1.82, 2.24) is 10.2 Å². The smallest absolute Gasteiger partial charge is 0.251 e. The number of amides is 2. The van der Waals surface area contributed by atoms with Crippen molar-refractivity contribution in [3.8, 4) is 0 Å². The van der Waals surface area contributed by atoms with Crippen molar-refractivity contribution >= 4 is 46.8 Å². The highest BCUT2D eigenvalue weighted by atomic mass is 35.5. The third-order valence-corrected chi connectivity index (χ3v) is 6.85. The largest absolute Gasteiger partial charge is 0.349 e. The zero-order valence-electron chi connectivity index (χ0n) is 14.4. The number of nitrogens with zero attached hydrogens (tertiary/aromatic N) is 1. The highest BCUT2D eigenvalue weighted by molar-refractivity contribution is 7.99. The summed E-state index contributed by atoms with van der Waals surface area (Å²) in [4.78, 5) is 26.7. The van der Waals surface area contributed by atoms with E-state index in [0.717, 1.165) is 43.9 Å². The van der Waals surface area contributed by atoms with Gasteiger partial charge in [0.25, 0.3) is 5.91 Å². The van der Waals surface area contributed by atoms with Crippen molar-refractivity contribution in [2.45, 2.75) is 37.8 Å². The Kier molecular flexibility index (Phi) is 6.72. The lowest BCUT2D eigenvalue weighted by atomic mass is 9.81. The van der Waals surface area contributed by atoms with Gasteiger partial charge < -0.3 is 16.0 Å². The molecule has 0 spiro atoms. The summed E-state index contributed by atoms with van der Waals surface area (Å²) in [6, 6.07) is 4.53. The molecular weight excluding hydrogens is 393 g/mol. The van der Waals surface area contributed by atoms with Crippen molar-refractivity contribution in [2.75, 3.05) is 18.2 Å². The topological polar surface area (TPSA) is 75.4 Å². The zero-order valence-corrected chi connectivity index (χ0v) is 16.7. The third-order valence-electron chi connectivity index (χ3n) is 5.15. The molecule has 1 aromatic carbocycles. The molecule has 0 radical (unpaired) electrons. The first-order chi connectivity index (χ1) is 12.5. The molecule has 2 fully saturated rings. The lowest BCUT2D eigenvalue weighted by Gasteiger charge is -2.33. The Bertz CT molecular complexity index is 674. The number of hydrogen-bond acceptors (Lipinski definition) is 4. The molecule has 0 aromatic heterocycles. The van der Waals surface area contributed by atoms with E-state index in [9.17, 15) is 9.59 Å². The van der Waals surface area contributed by atoms with Gasteiger partial charge in [0.15, 0.2) is 0 Å². The number of hydrogen-bond donors (Lipinski definition) is 2. The molecule has 5 nitrogen and oxygen atoms in total. The van der Waals surface area contributed by atoms with Crippen LogP contribution in [0.5, 0.6) is 0 Å². The molecule has 3 rings (SSSR count). The summed E-state index contributed by atoms with van der Waals surface area (Å²) in [5, 5.41) is 3.84. The number of carbonyl (C=O) groups excluding carboxylic acids is 2. The number of nitrogens with two attached hydrogens (primary N) is 1. The standard InChI is InChI=1S/C18H23Cl2N3O2S/c19-14-6-3-12(9-15(14)20)17(24)22-13-4-1-11(2-5-13)16(21)18(25)23-7-8-26-10-23/h3,6,9,11,13,16H,1-2,4-5,7-8,10,21H2,(H,22,24)/t11?,13?,16-/m0/s1. The molecule has 26 heavy (non-hydrogen) atoms. The average molecular weight is 416 g/mol. The Hall–Kier alpha value is -0.950. The zero-order chi connectivity index (χ0) is 18.7. The van der Waals surface area contributed by atoms with Gasteiger partial charge in [0.2, 0.25) is 5.91 Å². The second-order valence-electron chi connectivity index (χ2n) is 6.88. The van der Waals surface area contributed by atoms with E-state index in [1.807, 2.05) is 4.90 Å². The molecule has 0 bridgehead atoms. The molecule has 1 aromatic rings. The molecule has 1 heterocycles.